The summed E-state index contributed by atoms with van der Waals surface area (Å²) < 4.78 is 10.7. The van der Waals surface area contributed by atoms with E-state index >= 15 is 0 Å². The minimum atomic E-state index is -0.768. The standard InChI is InChI=1S/C27H25Cl2N3O4S/c1-35-23-12-3-17(15-24(23)36-2)13-14-31-22(16-25(33)30-20-8-4-18(28)5-9-20)26(34)32(27(31)37)21-10-6-19(29)7-11-21/h3-12,15,22H,13-14,16H2,1-2H3,(H,30,33). The Kier molecular flexibility index (Phi) is 8.53. The molecule has 1 heterocycles. The van der Waals surface area contributed by atoms with Gasteiger partial charge in [-0.15, -0.1) is 0 Å². The summed E-state index contributed by atoms with van der Waals surface area (Å²) in [5.74, 6) is 0.661. The maximum atomic E-state index is 13.6. The van der Waals surface area contributed by atoms with Gasteiger partial charge in [0.2, 0.25) is 5.91 Å². The van der Waals surface area contributed by atoms with Crippen LogP contribution in [0.25, 0.3) is 0 Å². The maximum absolute atomic E-state index is 13.6. The molecule has 1 saturated heterocycles. The molecule has 37 heavy (non-hydrogen) atoms. The van der Waals surface area contributed by atoms with Gasteiger partial charge in [0.15, 0.2) is 16.6 Å². The van der Waals surface area contributed by atoms with Gasteiger partial charge in [-0.05, 0) is 84.9 Å². The quantitative estimate of drug-likeness (QED) is 0.346. The Morgan fingerprint density at radius 1 is 0.946 bits per heavy atom. The number of amides is 2. The van der Waals surface area contributed by atoms with Crippen molar-refractivity contribution < 1.29 is 19.1 Å². The van der Waals surface area contributed by atoms with Crippen molar-refractivity contribution in [3.8, 4) is 11.5 Å². The van der Waals surface area contributed by atoms with Crippen LogP contribution in [0, 0.1) is 0 Å². The summed E-state index contributed by atoms with van der Waals surface area (Å²) in [5.41, 5.74) is 2.16. The Labute approximate surface area is 230 Å². The van der Waals surface area contributed by atoms with Gasteiger partial charge in [-0.25, -0.2) is 0 Å². The zero-order valence-corrected chi connectivity index (χ0v) is 22.6. The molecule has 2 amide bonds. The van der Waals surface area contributed by atoms with Crippen LogP contribution in [-0.4, -0.2) is 48.6 Å². The summed E-state index contributed by atoms with van der Waals surface area (Å²) >= 11 is 17.7. The predicted octanol–water partition coefficient (Wildman–Crippen LogP) is 5.58. The number of nitrogens with zero attached hydrogens (tertiary/aromatic N) is 2. The smallest absolute Gasteiger partial charge is 0.256 e. The van der Waals surface area contributed by atoms with Gasteiger partial charge >= 0.3 is 0 Å². The highest BCUT2D eigenvalue weighted by Crippen LogP contribution is 2.31. The molecule has 1 fully saturated rings. The molecule has 3 aromatic carbocycles. The summed E-state index contributed by atoms with van der Waals surface area (Å²) in [6, 6.07) is 18.5. The number of nitrogens with one attached hydrogen (secondary N) is 1. The minimum Gasteiger partial charge on any atom is -0.493 e. The third-order valence-electron chi connectivity index (χ3n) is 6.00. The van der Waals surface area contributed by atoms with Crippen molar-refractivity contribution in [2.24, 2.45) is 0 Å². The largest absolute Gasteiger partial charge is 0.493 e. The van der Waals surface area contributed by atoms with E-state index in [-0.39, 0.29) is 18.2 Å². The summed E-state index contributed by atoms with van der Waals surface area (Å²) in [6.45, 7) is 0.420. The predicted molar refractivity (Wildman–Crippen MR) is 150 cm³/mol. The number of methoxy groups -OCH3 is 2. The number of halogens is 2. The van der Waals surface area contributed by atoms with Crippen LogP contribution in [0.2, 0.25) is 10.0 Å². The fraction of sp³-hybridized carbons (Fsp3) is 0.222. The Balaban J connectivity index is 1.56. The van der Waals surface area contributed by atoms with E-state index in [1.54, 1.807) is 67.7 Å². The van der Waals surface area contributed by atoms with Crippen LogP contribution in [0.15, 0.2) is 66.7 Å². The van der Waals surface area contributed by atoms with Crippen molar-refractivity contribution in [1.82, 2.24) is 4.90 Å². The van der Waals surface area contributed by atoms with Gasteiger partial charge in [0.25, 0.3) is 5.91 Å². The van der Waals surface area contributed by atoms with Gasteiger partial charge in [-0.1, -0.05) is 29.3 Å². The molecular formula is C27H25Cl2N3O4S. The fourth-order valence-corrected chi connectivity index (χ4v) is 4.79. The molecule has 0 bridgehead atoms. The first-order chi connectivity index (χ1) is 17.8. The van der Waals surface area contributed by atoms with E-state index in [1.807, 2.05) is 18.2 Å². The zero-order chi connectivity index (χ0) is 26.5. The molecule has 1 aliphatic heterocycles. The van der Waals surface area contributed by atoms with Crippen LogP contribution >= 0.6 is 35.4 Å². The number of thiocarbonyl (C=S) groups is 1. The SMILES string of the molecule is COc1ccc(CCN2C(=S)N(c3ccc(Cl)cc3)C(=O)C2CC(=O)Nc2ccc(Cl)cc2)cc1OC. The molecule has 1 atom stereocenters. The van der Waals surface area contributed by atoms with E-state index in [4.69, 9.17) is 44.9 Å². The number of benzene rings is 3. The number of carbonyl (C=O) groups is 2. The van der Waals surface area contributed by atoms with Crippen molar-refractivity contribution in [2.45, 2.75) is 18.9 Å². The summed E-state index contributed by atoms with van der Waals surface area (Å²) in [4.78, 5) is 29.8. The van der Waals surface area contributed by atoms with Crippen LogP contribution in [0.5, 0.6) is 11.5 Å². The first kappa shape index (κ1) is 26.7. The van der Waals surface area contributed by atoms with E-state index in [0.29, 0.717) is 51.0 Å². The topological polar surface area (TPSA) is 71.1 Å². The van der Waals surface area contributed by atoms with Crippen LogP contribution in [0.3, 0.4) is 0 Å². The van der Waals surface area contributed by atoms with Gasteiger partial charge in [-0.2, -0.15) is 0 Å². The average Bonchev–Trinajstić information content (AvgIpc) is 3.12. The highest BCUT2D eigenvalue weighted by Gasteiger charge is 2.43. The normalized spacial score (nSPS) is 15.2. The Hall–Kier alpha value is -3.33. The second kappa shape index (κ2) is 11.8. The van der Waals surface area contributed by atoms with E-state index in [2.05, 4.69) is 5.32 Å². The third kappa shape index (κ3) is 6.15. The Morgan fingerprint density at radius 2 is 1.57 bits per heavy atom. The van der Waals surface area contributed by atoms with Gasteiger partial charge in [0.1, 0.15) is 6.04 Å². The highest BCUT2D eigenvalue weighted by molar-refractivity contribution is 7.80. The van der Waals surface area contributed by atoms with E-state index in [0.717, 1.165) is 5.56 Å². The molecule has 4 rings (SSSR count). The third-order valence-corrected chi connectivity index (χ3v) is 6.92. The van der Waals surface area contributed by atoms with Crippen LogP contribution in [0.1, 0.15) is 12.0 Å². The number of hydrogen-bond donors (Lipinski definition) is 1. The molecule has 1 aliphatic rings. The van der Waals surface area contributed by atoms with E-state index < -0.39 is 6.04 Å². The maximum Gasteiger partial charge on any atom is 0.256 e. The molecule has 0 saturated carbocycles. The van der Waals surface area contributed by atoms with Crippen molar-refractivity contribution in [3.63, 3.8) is 0 Å². The van der Waals surface area contributed by atoms with E-state index in [1.165, 1.54) is 4.90 Å². The molecule has 0 aliphatic carbocycles. The lowest BCUT2D eigenvalue weighted by Crippen LogP contribution is -2.39. The lowest BCUT2D eigenvalue weighted by atomic mass is 10.1. The van der Waals surface area contributed by atoms with Crippen LogP contribution in [0.4, 0.5) is 11.4 Å². The highest BCUT2D eigenvalue weighted by atomic mass is 35.5. The van der Waals surface area contributed by atoms with Gasteiger partial charge in [0.05, 0.1) is 26.3 Å². The Morgan fingerprint density at radius 3 is 2.19 bits per heavy atom. The lowest BCUT2D eigenvalue weighted by molar-refractivity contribution is -0.124. The zero-order valence-electron chi connectivity index (χ0n) is 20.2. The lowest BCUT2D eigenvalue weighted by Gasteiger charge is -2.24. The van der Waals surface area contributed by atoms with Gasteiger partial charge in [0, 0.05) is 22.3 Å². The Bertz CT molecular complexity index is 1300. The summed E-state index contributed by atoms with van der Waals surface area (Å²) in [5, 5.41) is 4.27. The fourth-order valence-electron chi connectivity index (χ4n) is 4.12. The molecule has 0 spiro atoms. The molecule has 0 radical (unpaired) electrons. The van der Waals surface area contributed by atoms with Gasteiger partial charge in [-0.3, -0.25) is 14.5 Å². The molecule has 0 aromatic heterocycles. The first-order valence-corrected chi connectivity index (χ1v) is 12.6. The summed E-state index contributed by atoms with van der Waals surface area (Å²) in [7, 11) is 3.16. The van der Waals surface area contributed by atoms with Crippen LogP contribution in [-0.2, 0) is 16.0 Å². The van der Waals surface area contributed by atoms with Crippen molar-refractivity contribution in [1.29, 1.82) is 0 Å². The number of carbonyl (C=O) groups excluding carboxylic acids is 2. The number of ether oxygens (including phenoxy) is 2. The number of hydrogen-bond acceptors (Lipinski definition) is 5. The van der Waals surface area contributed by atoms with E-state index in [9.17, 15) is 9.59 Å². The summed E-state index contributed by atoms with van der Waals surface area (Å²) in [6.07, 6.45) is 0.495. The molecule has 192 valence electrons. The average molecular weight is 558 g/mol. The second-order valence-corrected chi connectivity index (χ2v) is 9.58. The number of anilines is 2. The van der Waals surface area contributed by atoms with Gasteiger partial charge < -0.3 is 19.7 Å². The molecule has 10 heteroatoms. The molecule has 3 aromatic rings. The monoisotopic (exact) mass is 557 g/mol. The van der Waals surface area contributed by atoms with Crippen LogP contribution < -0.4 is 19.7 Å². The van der Waals surface area contributed by atoms with Crippen molar-refractivity contribution in [3.05, 3.63) is 82.3 Å². The molecule has 1 unspecified atom stereocenters. The second-order valence-electron chi connectivity index (χ2n) is 8.34. The van der Waals surface area contributed by atoms with Crippen molar-refractivity contribution >= 4 is 63.7 Å². The molecular weight excluding hydrogens is 533 g/mol. The molecule has 1 N–H and O–H groups in total. The first-order valence-electron chi connectivity index (χ1n) is 11.5. The minimum absolute atomic E-state index is 0.0718. The van der Waals surface area contributed by atoms with Crippen molar-refractivity contribution in [2.75, 3.05) is 31.0 Å². The number of rotatable bonds is 9. The molecule has 7 nitrogen and oxygen atoms in total.